The molecule has 1 aliphatic carbocycles. The van der Waals surface area contributed by atoms with Crippen molar-refractivity contribution in [2.24, 2.45) is 0 Å². The van der Waals surface area contributed by atoms with Crippen LogP contribution in [-0.2, 0) is 5.41 Å². The van der Waals surface area contributed by atoms with E-state index >= 15 is 0 Å². The minimum Gasteiger partial charge on any atom is -0.258 e. The Morgan fingerprint density at radius 2 is 0.902 bits per heavy atom. The predicted molar refractivity (Wildman–Crippen MR) is 208 cm³/mol. The summed E-state index contributed by atoms with van der Waals surface area (Å²) < 4.78 is 0. The monoisotopic (exact) mass is 653 g/mol. The van der Waals surface area contributed by atoms with Crippen molar-refractivity contribution in [1.29, 1.82) is 0 Å². The molecule has 0 bridgehead atoms. The fourth-order valence-corrected chi connectivity index (χ4v) is 7.88. The van der Waals surface area contributed by atoms with E-state index in [1.165, 1.54) is 33.4 Å². The van der Waals surface area contributed by atoms with Gasteiger partial charge in [0.1, 0.15) is 0 Å². The van der Waals surface area contributed by atoms with E-state index < -0.39 is 5.41 Å². The van der Waals surface area contributed by atoms with Gasteiger partial charge in [0.05, 0.1) is 16.8 Å². The molecule has 8 aromatic rings. The first-order valence-electron chi connectivity index (χ1n) is 17.4. The van der Waals surface area contributed by atoms with Crippen LogP contribution in [0, 0.1) is 13.8 Å². The second-order valence-corrected chi connectivity index (χ2v) is 13.3. The molecule has 3 heteroatoms. The Kier molecular flexibility index (Phi) is 7.48. The maximum atomic E-state index is 5.23. The van der Waals surface area contributed by atoms with Crippen LogP contribution in [0.1, 0.15) is 33.6 Å². The maximum Gasteiger partial charge on any atom is 0.160 e. The topological polar surface area (TPSA) is 38.7 Å². The summed E-state index contributed by atoms with van der Waals surface area (Å²) in [6.07, 6.45) is 0. The normalized spacial score (nSPS) is 12.7. The molecule has 0 spiro atoms. The summed E-state index contributed by atoms with van der Waals surface area (Å²) in [5.41, 5.74) is 16.2. The van der Waals surface area contributed by atoms with Crippen LogP contribution in [0.4, 0.5) is 0 Å². The zero-order valence-corrected chi connectivity index (χ0v) is 28.6. The molecule has 6 aromatic carbocycles. The standard InChI is InChI=1S/C48H35N3/c1-32-22-28-40(33(2)49-32)34-23-25-35(26-24-34)45-31-46(51-47(50-45)36-14-6-3-7-15-36)37-27-29-42-41-20-12-13-21-43(41)48(44(42)30-37,38-16-8-4-9-17-38)39-18-10-5-11-19-39/h3-31H,1-2H3. The van der Waals surface area contributed by atoms with Gasteiger partial charge in [-0.05, 0) is 71.0 Å². The van der Waals surface area contributed by atoms with Crippen LogP contribution >= 0.6 is 0 Å². The molecular weight excluding hydrogens is 619 g/mol. The van der Waals surface area contributed by atoms with Gasteiger partial charge in [0.15, 0.2) is 5.82 Å². The fraction of sp³-hybridized carbons (Fsp3) is 0.0625. The summed E-state index contributed by atoms with van der Waals surface area (Å²) in [5.74, 6) is 0.701. The number of nitrogens with zero attached hydrogens (tertiary/aromatic N) is 3. The zero-order valence-electron chi connectivity index (χ0n) is 28.6. The van der Waals surface area contributed by atoms with Gasteiger partial charge in [0.25, 0.3) is 0 Å². The highest BCUT2D eigenvalue weighted by Gasteiger charge is 2.46. The van der Waals surface area contributed by atoms with Crippen LogP contribution in [0.3, 0.4) is 0 Å². The summed E-state index contributed by atoms with van der Waals surface area (Å²) in [6, 6.07) is 62.8. The molecule has 0 saturated carbocycles. The van der Waals surface area contributed by atoms with Gasteiger partial charge in [-0.25, -0.2) is 9.97 Å². The summed E-state index contributed by atoms with van der Waals surface area (Å²) >= 11 is 0. The zero-order chi connectivity index (χ0) is 34.4. The molecule has 0 radical (unpaired) electrons. The molecule has 51 heavy (non-hydrogen) atoms. The van der Waals surface area contributed by atoms with Gasteiger partial charge in [0.2, 0.25) is 0 Å². The fourth-order valence-electron chi connectivity index (χ4n) is 7.88. The molecule has 2 heterocycles. The van der Waals surface area contributed by atoms with E-state index in [4.69, 9.17) is 9.97 Å². The Labute approximate surface area is 299 Å². The molecule has 9 rings (SSSR count). The Hall–Kier alpha value is -6.45. The Morgan fingerprint density at radius 3 is 1.57 bits per heavy atom. The maximum absolute atomic E-state index is 5.23. The lowest BCUT2D eigenvalue weighted by atomic mass is 9.67. The van der Waals surface area contributed by atoms with Crippen LogP contribution < -0.4 is 0 Å². The number of aryl methyl sites for hydroxylation is 2. The van der Waals surface area contributed by atoms with E-state index in [0.29, 0.717) is 5.82 Å². The van der Waals surface area contributed by atoms with Crippen molar-refractivity contribution in [3.05, 3.63) is 210 Å². The molecule has 0 saturated heterocycles. The number of benzene rings is 6. The van der Waals surface area contributed by atoms with E-state index in [9.17, 15) is 0 Å². The molecule has 0 unspecified atom stereocenters. The van der Waals surface area contributed by atoms with Gasteiger partial charge in [-0.15, -0.1) is 0 Å². The van der Waals surface area contributed by atoms with Crippen molar-refractivity contribution < 1.29 is 0 Å². The highest BCUT2D eigenvalue weighted by Crippen LogP contribution is 2.56. The van der Waals surface area contributed by atoms with Gasteiger partial charge < -0.3 is 0 Å². The SMILES string of the molecule is Cc1ccc(-c2ccc(-c3cc(-c4ccc5c(c4)C(c4ccccc4)(c4ccccc4)c4ccccc4-5)nc(-c4ccccc4)n3)cc2)c(C)n1. The number of pyridine rings is 1. The van der Waals surface area contributed by atoms with Gasteiger partial charge in [-0.1, -0.05) is 158 Å². The molecule has 1 aliphatic rings. The summed E-state index contributed by atoms with van der Waals surface area (Å²) in [7, 11) is 0. The summed E-state index contributed by atoms with van der Waals surface area (Å²) in [4.78, 5) is 15.1. The smallest absolute Gasteiger partial charge is 0.160 e. The molecule has 0 amide bonds. The summed E-state index contributed by atoms with van der Waals surface area (Å²) in [6.45, 7) is 4.10. The first-order valence-corrected chi connectivity index (χ1v) is 17.4. The molecule has 0 fully saturated rings. The van der Waals surface area contributed by atoms with Crippen molar-refractivity contribution in [2.75, 3.05) is 0 Å². The Morgan fingerprint density at radius 1 is 0.373 bits per heavy atom. The van der Waals surface area contributed by atoms with E-state index in [1.807, 2.05) is 25.1 Å². The van der Waals surface area contributed by atoms with Crippen molar-refractivity contribution in [1.82, 2.24) is 15.0 Å². The summed E-state index contributed by atoms with van der Waals surface area (Å²) in [5, 5.41) is 0. The highest BCUT2D eigenvalue weighted by molar-refractivity contribution is 5.88. The second kappa shape index (κ2) is 12.5. The van der Waals surface area contributed by atoms with E-state index in [2.05, 4.69) is 170 Å². The lowest BCUT2D eigenvalue weighted by Crippen LogP contribution is -2.28. The van der Waals surface area contributed by atoms with E-state index in [1.54, 1.807) is 0 Å². The van der Waals surface area contributed by atoms with Crippen molar-refractivity contribution in [3.63, 3.8) is 0 Å². The van der Waals surface area contributed by atoms with E-state index in [0.717, 1.165) is 50.6 Å². The second-order valence-electron chi connectivity index (χ2n) is 13.3. The van der Waals surface area contributed by atoms with Crippen LogP contribution in [-0.4, -0.2) is 15.0 Å². The van der Waals surface area contributed by atoms with Gasteiger partial charge in [-0.2, -0.15) is 0 Å². The number of hydrogen-bond acceptors (Lipinski definition) is 3. The lowest BCUT2D eigenvalue weighted by Gasteiger charge is -2.34. The average molecular weight is 654 g/mol. The first kappa shape index (κ1) is 30.6. The molecular formula is C48H35N3. The minimum absolute atomic E-state index is 0.485. The van der Waals surface area contributed by atoms with Gasteiger partial charge >= 0.3 is 0 Å². The van der Waals surface area contributed by atoms with Crippen molar-refractivity contribution in [2.45, 2.75) is 19.3 Å². The third-order valence-corrected chi connectivity index (χ3v) is 10.2. The molecule has 242 valence electrons. The third kappa shape index (κ3) is 5.17. The van der Waals surface area contributed by atoms with Gasteiger partial charge in [-0.3, -0.25) is 4.98 Å². The number of hydrogen-bond donors (Lipinski definition) is 0. The van der Waals surface area contributed by atoms with Crippen LogP contribution in [0.25, 0.3) is 56.2 Å². The quantitative estimate of drug-likeness (QED) is 0.179. The highest BCUT2D eigenvalue weighted by atomic mass is 14.9. The lowest BCUT2D eigenvalue weighted by molar-refractivity contribution is 0.768. The van der Waals surface area contributed by atoms with E-state index in [-0.39, 0.29) is 0 Å². The largest absolute Gasteiger partial charge is 0.258 e. The van der Waals surface area contributed by atoms with Crippen LogP contribution in [0.5, 0.6) is 0 Å². The van der Waals surface area contributed by atoms with Gasteiger partial charge in [0, 0.05) is 33.6 Å². The number of fused-ring (bicyclic) bond motifs is 3. The van der Waals surface area contributed by atoms with Crippen molar-refractivity contribution in [3.8, 4) is 56.2 Å². The Balaban J connectivity index is 1.24. The van der Waals surface area contributed by atoms with Crippen LogP contribution in [0.15, 0.2) is 176 Å². The molecule has 0 atom stereocenters. The molecule has 3 nitrogen and oxygen atoms in total. The predicted octanol–water partition coefficient (Wildman–Crippen LogP) is 11.5. The first-order chi connectivity index (χ1) is 25.1. The third-order valence-electron chi connectivity index (χ3n) is 10.2. The average Bonchev–Trinajstić information content (AvgIpc) is 3.49. The van der Waals surface area contributed by atoms with Crippen LogP contribution in [0.2, 0.25) is 0 Å². The molecule has 0 N–H and O–H groups in total. The van der Waals surface area contributed by atoms with Crippen molar-refractivity contribution >= 4 is 0 Å². The molecule has 0 aliphatic heterocycles. The number of rotatable bonds is 6. The number of aromatic nitrogens is 3. The molecule has 2 aromatic heterocycles. The minimum atomic E-state index is -0.485. The Bertz CT molecular complexity index is 2480.